The Morgan fingerprint density at radius 1 is 1.36 bits per heavy atom. The van der Waals surface area contributed by atoms with Gasteiger partial charge in [0.25, 0.3) is 5.91 Å². The number of likely N-dealkylation sites (tertiary alicyclic amines) is 1. The first-order chi connectivity index (χ1) is 10.7. The number of nitrogens with zero attached hydrogens (tertiary/aromatic N) is 1. The smallest absolute Gasteiger partial charge is 0.260 e. The van der Waals surface area contributed by atoms with Crippen LogP contribution in [-0.4, -0.2) is 43.7 Å². The molecule has 0 radical (unpaired) electrons. The van der Waals surface area contributed by atoms with Crippen LogP contribution in [-0.2, 0) is 9.53 Å². The van der Waals surface area contributed by atoms with Crippen LogP contribution >= 0.6 is 0 Å². The van der Waals surface area contributed by atoms with Gasteiger partial charge in [0.2, 0.25) is 0 Å². The lowest BCUT2D eigenvalue weighted by Crippen LogP contribution is -2.41. The minimum absolute atomic E-state index is 0.105. The molecule has 0 bridgehead atoms. The quantitative estimate of drug-likeness (QED) is 0.597. The first-order valence-corrected chi connectivity index (χ1v) is 7.37. The molecule has 0 aliphatic carbocycles. The van der Waals surface area contributed by atoms with Crippen molar-refractivity contribution in [1.29, 1.82) is 0 Å². The van der Waals surface area contributed by atoms with Crippen LogP contribution in [0.4, 0.5) is 4.39 Å². The molecule has 0 spiro atoms. The highest BCUT2D eigenvalue weighted by Gasteiger charge is 2.23. The third kappa shape index (κ3) is 4.74. The van der Waals surface area contributed by atoms with Crippen molar-refractivity contribution in [3.8, 4) is 18.1 Å². The summed E-state index contributed by atoms with van der Waals surface area (Å²) in [6, 6.07) is 6.07. The molecule has 0 saturated carbocycles. The summed E-state index contributed by atoms with van der Waals surface area (Å²) in [5, 5.41) is 0. The molecule has 1 aromatic carbocycles. The zero-order valence-corrected chi connectivity index (χ0v) is 12.5. The topological polar surface area (TPSA) is 38.8 Å². The lowest BCUT2D eigenvalue weighted by Gasteiger charge is -2.31. The van der Waals surface area contributed by atoms with Crippen molar-refractivity contribution in [2.24, 2.45) is 5.92 Å². The summed E-state index contributed by atoms with van der Waals surface area (Å²) < 4.78 is 24.0. The summed E-state index contributed by atoms with van der Waals surface area (Å²) in [7, 11) is 0. The first-order valence-electron chi connectivity index (χ1n) is 7.37. The fraction of sp³-hybridized carbons (Fsp3) is 0.471. The number of halogens is 1. The predicted octanol–water partition coefficient (Wildman–Crippen LogP) is 2.09. The van der Waals surface area contributed by atoms with Crippen molar-refractivity contribution < 1.29 is 18.7 Å². The van der Waals surface area contributed by atoms with E-state index in [-0.39, 0.29) is 18.3 Å². The van der Waals surface area contributed by atoms with Crippen LogP contribution in [0.1, 0.15) is 12.8 Å². The fourth-order valence-corrected chi connectivity index (χ4v) is 2.43. The first kappa shape index (κ1) is 16.3. The van der Waals surface area contributed by atoms with Crippen molar-refractivity contribution in [3.63, 3.8) is 0 Å². The Bertz CT molecular complexity index is 533. The molecule has 0 unspecified atom stereocenters. The number of amides is 1. The molecule has 118 valence electrons. The fourth-order valence-electron chi connectivity index (χ4n) is 2.43. The van der Waals surface area contributed by atoms with Gasteiger partial charge in [-0.1, -0.05) is 18.1 Å². The van der Waals surface area contributed by atoms with E-state index in [4.69, 9.17) is 15.9 Å². The molecule has 0 N–H and O–H groups in total. The van der Waals surface area contributed by atoms with Gasteiger partial charge in [0.05, 0.1) is 6.61 Å². The van der Waals surface area contributed by atoms with Crippen LogP contribution in [0, 0.1) is 24.1 Å². The third-order valence-corrected chi connectivity index (χ3v) is 3.69. The molecule has 1 heterocycles. The number of hydrogen-bond acceptors (Lipinski definition) is 3. The Balaban J connectivity index is 1.71. The molecular formula is C17H20FNO3. The molecule has 2 rings (SSSR count). The largest absolute Gasteiger partial charge is 0.481 e. The minimum Gasteiger partial charge on any atom is -0.481 e. The van der Waals surface area contributed by atoms with Gasteiger partial charge in [0.15, 0.2) is 18.2 Å². The van der Waals surface area contributed by atoms with Crippen LogP contribution in [0.3, 0.4) is 0 Å². The van der Waals surface area contributed by atoms with E-state index < -0.39 is 5.82 Å². The van der Waals surface area contributed by atoms with E-state index in [0.717, 1.165) is 12.8 Å². The highest BCUT2D eigenvalue weighted by Crippen LogP contribution is 2.19. The van der Waals surface area contributed by atoms with Crippen LogP contribution in [0.15, 0.2) is 24.3 Å². The maximum absolute atomic E-state index is 13.4. The van der Waals surface area contributed by atoms with Crippen LogP contribution in [0.25, 0.3) is 0 Å². The number of ether oxygens (including phenoxy) is 2. The molecule has 1 fully saturated rings. The molecule has 5 heteroatoms. The predicted molar refractivity (Wildman–Crippen MR) is 80.9 cm³/mol. The van der Waals surface area contributed by atoms with Crippen LogP contribution in [0.2, 0.25) is 0 Å². The van der Waals surface area contributed by atoms with Crippen LogP contribution < -0.4 is 4.74 Å². The zero-order chi connectivity index (χ0) is 15.8. The standard InChI is InChI=1S/C17H20FNO3/c1-2-11-21-12-14-7-9-19(10-8-14)17(20)13-22-16-6-4-3-5-15(16)18/h1,3-6,14H,7-13H2. The highest BCUT2D eigenvalue weighted by atomic mass is 19.1. The van der Waals surface area contributed by atoms with Gasteiger partial charge in [0, 0.05) is 13.1 Å². The minimum atomic E-state index is -0.459. The molecular weight excluding hydrogens is 285 g/mol. The number of carbonyl (C=O) groups excluding carboxylic acids is 1. The normalized spacial score (nSPS) is 15.4. The van der Waals surface area contributed by atoms with Gasteiger partial charge in [-0.2, -0.15) is 0 Å². The zero-order valence-electron chi connectivity index (χ0n) is 12.5. The van der Waals surface area contributed by atoms with Crippen LogP contribution in [0.5, 0.6) is 5.75 Å². The summed E-state index contributed by atoms with van der Waals surface area (Å²) in [5.74, 6) is 2.40. The van der Waals surface area contributed by atoms with E-state index in [0.29, 0.717) is 32.2 Å². The Kier molecular flexibility index (Phi) is 6.23. The summed E-state index contributed by atoms with van der Waals surface area (Å²) in [4.78, 5) is 13.8. The molecule has 1 aliphatic rings. The molecule has 4 nitrogen and oxygen atoms in total. The van der Waals surface area contributed by atoms with E-state index >= 15 is 0 Å². The summed E-state index contributed by atoms with van der Waals surface area (Å²) >= 11 is 0. The average molecular weight is 305 g/mol. The summed E-state index contributed by atoms with van der Waals surface area (Å²) in [6.07, 6.45) is 6.90. The Morgan fingerprint density at radius 2 is 2.09 bits per heavy atom. The van der Waals surface area contributed by atoms with Gasteiger partial charge in [-0.25, -0.2) is 4.39 Å². The van der Waals surface area contributed by atoms with E-state index in [2.05, 4.69) is 5.92 Å². The number of terminal acetylenes is 1. The van der Waals surface area contributed by atoms with Crippen molar-refractivity contribution >= 4 is 5.91 Å². The van der Waals surface area contributed by atoms with E-state index in [1.54, 1.807) is 17.0 Å². The molecule has 0 atom stereocenters. The Hall–Kier alpha value is -2.06. The second kappa shape index (κ2) is 8.40. The second-order valence-electron chi connectivity index (χ2n) is 5.26. The lowest BCUT2D eigenvalue weighted by molar-refractivity contribution is -0.135. The Labute approximate surface area is 130 Å². The van der Waals surface area contributed by atoms with Crippen molar-refractivity contribution in [2.45, 2.75) is 12.8 Å². The molecule has 22 heavy (non-hydrogen) atoms. The molecule has 1 amide bonds. The number of benzene rings is 1. The molecule has 1 aromatic rings. The number of piperidine rings is 1. The van der Waals surface area contributed by atoms with Crippen molar-refractivity contribution in [1.82, 2.24) is 4.90 Å². The van der Waals surface area contributed by atoms with Gasteiger partial charge in [-0.15, -0.1) is 6.42 Å². The molecule has 1 aliphatic heterocycles. The maximum atomic E-state index is 13.4. The number of rotatable bonds is 6. The van der Waals surface area contributed by atoms with Gasteiger partial charge in [0.1, 0.15) is 6.61 Å². The van der Waals surface area contributed by atoms with Gasteiger partial charge < -0.3 is 14.4 Å². The number of hydrogen-bond donors (Lipinski definition) is 0. The molecule has 0 aromatic heterocycles. The van der Waals surface area contributed by atoms with E-state index in [1.807, 2.05) is 0 Å². The third-order valence-electron chi connectivity index (χ3n) is 3.69. The van der Waals surface area contributed by atoms with Gasteiger partial charge >= 0.3 is 0 Å². The average Bonchev–Trinajstić information content (AvgIpc) is 2.55. The second-order valence-corrected chi connectivity index (χ2v) is 5.26. The summed E-state index contributed by atoms with van der Waals surface area (Å²) in [6.45, 7) is 2.17. The van der Waals surface area contributed by atoms with Crippen molar-refractivity contribution in [2.75, 3.05) is 32.9 Å². The number of carbonyl (C=O) groups is 1. The lowest BCUT2D eigenvalue weighted by atomic mass is 9.98. The van der Waals surface area contributed by atoms with Crippen molar-refractivity contribution in [3.05, 3.63) is 30.1 Å². The number of para-hydroxylation sites is 1. The van der Waals surface area contributed by atoms with Gasteiger partial charge in [-0.3, -0.25) is 4.79 Å². The van der Waals surface area contributed by atoms with E-state index in [1.165, 1.54) is 12.1 Å². The van der Waals surface area contributed by atoms with Gasteiger partial charge in [-0.05, 0) is 30.9 Å². The Morgan fingerprint density at radius 3 is 2.77 bits per heavy atom. The molecule has 1 saturated heterocycles. The highest BCUT2D eigenvalue weighted by molar-refractivity contribution is 5.77. The summed E-state index contributed by atoms with van der Waals surface area (Å²) in [5.41, 5.74) is 0. The van der Waals surface area contributed by atoms with E-state index in [9.17, 15) is 9.18 Å². The SMILES string of the molecule is C#CCOCC1CCN(C(=O)COc2ccccc2F)CC1. The maximum Gasteiger partial charge on any atom is 0.260 e. The monoisotopic (exact) mass is 305 g/mol.